The fourth-order valence-corrected chi connectivity index (χ4v) is 2.58. The molecule has 0 saturated heterocycles. The van der Waals surface area contributed by atoms with Gasteiger partial charge in [-0.05, 0) is 55.0 Å². The number of nitrogens with one attached hydrogen (secondary N) is 1. The maximum atomic E-state index is 5.87. The minimum absolute atomic E-state index is 0.673. The molecule has 0 bridgehead atoms. The molecule has 0 aliphatic rings. The van der Waals surface area contributed by atoms with E-state index in [1.165, 1.54) is 11.1 Å². The van der Waals surface area contributed by atoms with E-state index < -0.39 is 0 Å². The van der Waals surface area contributed by atoms with Gasteiger partial charge in [0.1, 0.15) is 5.82 Å². The van der Waals surface area contributed by atoms with Gasteiger partial charge in [-0.25, -0.2) is 4.98 Å². The van der Waals surface area contributed by atoms with Gasteiger partial charge in [-0.3, -0.25) is 0 Å². The molecule has 3 N–H and O–H groups in total. The second-order valence-corrected chi connectivity index (χ2v) is 5.99. The molecule has 0 amide bonds. The molecule has 21 heavy (non-hydrogen) atoms. The standard InChI is InChI=1S/C18H25N3/c1-5-14-10-17(7-6-15(14)8-12(2)3)21-18-11-16(19)9-13(4)20-18/h6-7,9-12H,5,8H2,1-4H3,(H3,19,20,21). The van der Waals surface area contributed by atoms with Gasteiger partial charge in [-0.1, -0.05) is 26.8 Å². The highest BCUT2D eigenvalue weighted by atomic mass is 15.0. The van der Waals surface area contributed by atoms with Gasteiger partial charge in [0.05, 0.1) is 0 Å². The zero-order valence-corrected chi connectivity index (χ0v) is 13.4. The van der Waals surface area contributed by atoms with E-state index in [9.17, 15) is 0 Å². The highest BCUT2D eigenvalue weighted by Crippen LogP contribution is 2.23. The number of anilines is 3. The Hall–Kier alpha value is -2.03. The summed E-state index contributed by atoms with van der Waals surface area (Å²) in [5.74, 6) is 1.47. The molecule has 2 rings (SSSR count). The third kappa shape index (κ3) is 4.22. The van der Waals surface area contributed by atoms with Crippen LogP contribution >= 0.6 is 0 Å². The van der Waals surface area contributed by atoms with Crippen LogP contribution in [-0.4, -0.2) is 4.98 Å². The third-order valence-corrected chi connectivity index (χ3v) is 3.46. The molecule has 0 aliphatic heterocycles. The van der Waals surface area contributed by atoms with Crippen molar-refractivity contribution in [2.24, 2.45) is 5.92 Å². The lowest BCUT2D eigenvalue weighted by Crippen LogP contribution is -2.01. The highest BCUT2D eigenvalue weighted by Gasteiger charge is 2.06. The summed E-state index contributed by atoms with van der Waals surface area (Å²) in [5.41, 5.74) is 11.4. The van der Waals surface area contributed by atoms with Gasteiger partial charge in [-0.15, -0.1) is 0 Å². The number of nitrogen functional groups attached to an aromatic ring is 1. The molecule has 112 valence electrons. The largest absolute Gasteiger partial charge is 0.399 e. The summed E-state index contributed by atoms with van der Waals surface area (Å²) in [6.07, 6.45) is 2.17. The predicted molar refractivity (Wildman–Crippen MR) is 91.0 cm³/mol. The molecule has 1 heterocycles. The van der Waals surface area contributed by atoms with Gasteiger partial charge in [0.2, 0.25) is 0 Å². The van der Waals surface area contributed by atoms with Crippen LogP contribution in [0.3, 0.4) is 0 Å². The van der Waals surface area contributed by atoms with E-state index in [0.29, 0.717) is 5.92 Å². The molecule has 0 fully saturated rings. The average Bonchev–Trinajstić information content (AvgIpc) is 2.38. The molecule has 1 aromatic heterocycles. The van der Waals surface area contributed by atoms with E-state index >= 15 is 0 Å². The van der Waals surface area contributed by atoms with Crippen molar-refractivity contribution in [3.05, 3.63) is 47.2 Å². The van der Waals surface area contributed by atoms with Gasteiger partial charge in [-0.2, -0.15) is 0 Å². The van der Waals surface area contributed by atoms with Crippen molar-refractivity contribution in [2.45, 2.75) is 40.5 Å². The number of benzene rings is 1. The van der Waals surface area contributed by atoms with Gasteiger partial charge in [0.15, 0.2) is 0 Å². The molecule has 0 radical (unpaired) electrons. The van der Waals surface area contributed by atoms with E-state index in [1.807, 2.05) is 19.1 Å². The van der Waals surface area contributed by atoms with Crippen molar-refractivity contribution >= 4 is 17.2 Å². The molecule has 1 aromatic carbocycles. The molecule has 2 aromatic rings. The van der Waals surface area contributed by atoms with Crippen molar-refractivity contribution in [3.63, 3.8) is 0 Å². The van der Waals surface area contributed by atoms with Crippen molar-refractivity contribution in [3.8, 4) is 0 Å². The summed E-state index contributed by atoms with van der Waals surface area (Å²) in [6, 6.07) is 10.3. The second-order valence-electron chi connectivity index (χ2n) is 5.99. The summed E-state index contributed by atoms with van der Waals surface area (Å²) < 4.78 is 0. The fraction of sp³-hybridized carbons (Fsp3) is 0.389. The number of aryl methyl sites for hydroxylation is 2. The van der Waals surface area contributed by atoms with Crippen molar-refractivity contribution in [1.29, 1.82) is 0 Å². The summed E-state index contributed by atoms with van der Waals surface area (Å²) in [7, 11) is 0. The fourth-order valence-electron chi connectivity index (χ4n) is 2.58. The first-order valence-corrected chi connectivity index (χ1v) is 7.61. The van der Waals surface area contributed by atoms with E-state index in [-0.39, 0.29) is 0 Å². The minimum Gasteiger partial charge on any atom is -0.399 e. The molecular formula is C18H25N3. The summed E-state index contributed by atoms with van der Waals surface area (Å²) >= 11 is 0. The number of nitrogens with zero attached hydrogens (tertiary/aromatic N) is 1. The van der Waals surface area contributed by atoms with Gasteiger partial charge < -0.3 is 11.1 Å². The summed E-state index contributed by atoms with van der Waals surface area (Å²) in [4.78, 5) is 4.46. The van der Waals surface area contributed by atoms with Gasteiger partial charge in [0, 0.05) is 23.1 Å². The van der Waals surface area contributed by atoms with Crippen LogP contribution in [0, 0.1) is 12.8 Å². The normalized spacial score (nSPS) is 10.9. The quantitative estimate of drug-likeness (QED) is 0.850. The van der Waals surface area contributed by atoms with Gasteiger partial charge >= 0.3 is 0 Å². The molecule has 0 unspecified atom stereocenters. The topological polar surface area (TPSA) is 50.9 Å². The average molecular weight is 283 g/mol. The Morgan fingerprint density at radius 1 is 1.14 bits per heavy atom. The van der Waals surface area contributed by atoms with Crippen molar-refractivity contribution < 1.29 is 0 Å². The molecule has 3 heteroatoms. The smallest absolute Gasteiger partial charge is 0.132 e. The molecule has 0 spiro atoms. The Morgan fingerprint density at radius 2 is 1.90 bits per heavy atom. The number of aromatic nitrogens is 1. The second kappa shape index (κ2) is 6.61. The first-order valence-electron chi connectivity index (χ1n) is 7.61. The van der Waals surface area contributed by atoms with Crippen LogP contribution in [-0.2, 0) is 12.8 Å². The lowest BCUT2D eigenvalue weighted by molar-refractivity contribution is 0.643. The number of nitrogens with two attached hydrogens (primary N) is 1. The lowest BCUT2D eigenvalue weighted by Gasteiger charge is -2.14. The van der Waals surface area contributed by atoms with E-state index in [1.54, 1.807) is 0 Å². The van der Waals surface area contributed by atoms with Crippen LogP contribution in [0.2, 0.25) is 0 Å². The number of rotatable bonds is 5. The zero-order chi connectivity index (χ0) is 15.4. The predicted octanol–water partition coefficient (Wildman–Crippen LogP) is 4.48. The van der Waals surface area contributed by atoms with E-state index in [0.717, 1.165) is 35.7 Å². The van der Waals surface area contributed by atoms with E-state index in [2.05, 4.69) is 49.3 Å². The minimum atomic E-state index is 0.673. The Balaban J connectivity index is 2.24. The Kier molecular flexibility index (Phi) is 4.84. The molecule has 0 atom stereocenters. The van der Waals surface area contributed by atoms with Crippen LogP contribution in [0.25, 0.3) is 0 Å². The Morgan fingerprint density at radius 3 is 2.52 bits per heavy atom. The van der Waals surface area contributed by atoms with Crippen molar-refractivity contribution in [1.82, 2.24) is 4.98 Å². The van der Waals surface area contributed by atoms with Crippen LogP contribution in [0.5, 0.6) is 0 Å². The first-order chi connectivity index (χ1) is 9.97. The number of hydrogen-bond acceptors (Lipinski definition) is 3. The zero-order valence-electron chi connectivity index (χ0n) is 13.4. The van der Waals surface area contributed by atoms with Crippen LogP contribution in [0.15, 0.2) is 30.3 Å². The molecular weight excluding hydrogens is 258 g/mol. The summed E-state index contributed by atoms with van der Waals surface area (Å²) in [6.45, 7) is 8.66. The van der Waals surface area contributed by atoms with Crippen LogP contribution < -0.4 is 11.1 Å². The molecule has 3 nitrogen and oxygen atoms in total. The molecule has 0 saturated carbocycles. The maximum absolute atomic E-state index is 5.87. The maximum Gasteiger partial charge on any atom is 0.132 e. The highest BCUT2D eigenvalue weighted by molar-refractivity contribution is 5.61. The van der Waals surface area contributed by atoms with Crippen LogP contribution in [0.1, 0.15) is 37.6 Å². The number of hydrogen-bond donors (Lipinski definition) is 2. The Bertz CT molecular complexity index is 598. The first kappa shape index (κ1) is 15.4. The summed E-state index contributed by atoms with van der Waals surface area (Å²) in [5, 5.41) is 3.35. The monoisotopic (exact) mass is 283 g/mol. The van der Waals surface area contributed by atoms with Gasteiger partial charge in [0.25, 0.3) is 0 Å². The van der Waals surface area contributed by atoms with Crippen molar-refractivity contribution in [2.75, 3.05) is 11.1 Å². The molecule has 0 aliphatic carbocycles. The van der Waals surface area contributed by atoms with Crippen LogP contribution in [0.4, 0.5) is 17.2 Å². The number of pyridine rings is 1. The SMILES string of the molecule is CCc1cc(Nc2cc(N)cc(C)n2)ccc1CC(C)C. The third-order valence-electron chi connectivity index (χ3n) is 3.46. The van der Waals surface area contributed by atoms with E-state index in [4.69, 9.17) is 5.73 Å². The Labute approximate surface area is 127 Å². The lowest BCUT2D eigenvalue weighted by atomic mass is 9.96.